The molecule has 1 amide bonds. The van der Waals surface area contributed by atoms with Crippen LogP contribution < -0.4 is 14.5 Å². The second-order valence-electron chi connectivity index (χ2n) is 5.66. The summed E-state index contributed by atoms with van der Waals surface area (Å²) < 4.78 is 14.8. The van der Waals surface area contributed by atoms with Crippen molar-refractivity contribution in [1.82, 2.24) is 0 Å². The minimum atomic E-state index is -0.841. The summed E-state index contributed by atoms with van der Waals surface area (Å²) in [5.41, 5.74) is 2.49. The third kappa shape index (κ3) is 3.82. The van der Waals surface area contributed by atoms with Crippen LogP contribution >= 0.6 is 0 Å². The average Bonchev–Trinajstić information content (AvgIpc) is 2.97. The minimum absolute atomic E-state index is 0.215. The number of methoxy groups -OCH3 is 2. The normalized spacial score (nSPS) is 14.9. The molecule has 0 N–H and O–H groups in total. The Morgan fingerprint density at radius 3 is 2.48 bits per heavy atom. The molecule has 0 radical (unpaired) electrons. The largest absolute Gasteiger partial charge is 0.513 e. The molecule has 2 aromatic carbocycles. The van der Waals surface area contributed by atoms with E-state index in [0.717, 1.165) is 0 Å². The molecule has 27 heavy (non-hydrogen) atoms. The van der Waals surface area contributed by atoms with Gasteiger partial charge < -0.3 is 14.2 Å². The molecule has 0 spiro atoms. The Hall–Kier alpha value is -3.61. The molecule has 3 rings (SSSR count). The number of nitrogens with zero attached hydrogens (tertiary/aromatic N) is 2. The van der Waals surface area contributed by atoms with Gasteiger partial charge in [0.25, 0.3) is 5.91 Å². The van der Waals surface area contributed by atoms with E-state index in [1.54, 1.807) is 31.2 Å². The van der Waals surface area contributed by atoms with E-state index in [2.05, 4.69) is 9.84 Å². The standard InChI is InChI=1S/C20H18N2O5/c1-13-16(19(23)22(21-13)15-7-5-4-6-8-15)11-14-9-10-17(18(12-14)25-2)27-20(24)26-3/h4-12H,1-3H3/b16-11+. The molecule has 0 aromatic heterocycles. The topological polar surface area (TPSA) is 77.4 Å². The molecule has 1 aliphatic rings. The minimum Gasteiger partial charge on any atom is -0.493 e. The molecule has 0 bridgehead atoms. The lowest BCUT2D eigenvalue weighted by Gasteiger charge is -2.11. The lowest BCUT2D eigenvalue weighted by atomic mass is 10.1. The summed E-state index contributed by atoms with van der Waals surface area (Å²) in [5.74, 6) is 0.350. The van der Waals surface area contributed by atoms with Crippen molar-refractivity contribution in [2.24, 2.45) is 5.10 Å². The van der Waals surface area contributed by atoms with Crippen molar-refractivity contribution < 1.29 is 23.8 Å². The van der Waals surface area contributed by atoms with Crippen LogP contribution in [-0.2, 0) is 9.53 Å². The molecule has 0 saturated carbocycles. The van der Waals surface area contributed by atoms with Crippen LogP contribution in [0.25, 0.3) is 6.08 Å². The number of amides is 1. The number of rotatable bonds is 4. The van der Waals surface area contributed by atoms with Crippen LogP contribution in [0.15, 0.2) is 59.2 Å². The number of carbonyl (C=O) groups is 2. The van der Waals surface area contributed by atoms with Gasteiger partial charge in [-0.15, -0.1) is 0 Å². The summed E-state index contributed by atoms with van der Waals surface area (Å²) >= 11 is 0. The van der Waals surface area contributed by atoms with E-state index in [1.807, 2.05) is 30.3 Å². The van der Waals surface area contributed by atoms with E-state index in [9.17, 15) is 9.59 Å². The van der Waals surface area contributed by atoms with E-state index < -0.39 is 6.16 Å². The van der Waals surface area contributed by atoms with Crippen molar-refractivity contribution in [1.29, 1.82) is 0 Å². The quantitative estimate of drug-likeness (QED) is 0.469. The van der Waals surface area contributed by atoms with Crippen molar-refractivity contribution >= 4 is 29.5 Å². The molecule has 0 atom stereocenters. The lowest BCUT2D eigenvalue weighted by Crippen LogP contribution is -2.21. The molecule has 138 valence electrons. The van der Waals surface area contributed by atoms with Crippen molar-refractivity contribution in [3.8, 4) is 11.5 Å². The summed E-state index contributed by atoms with van der Waals surface area (Å²) in [6.45, 7) is 1.78. The van der Waals surface area contributed by atoms with Gasteiger partial charge in [0.2, 0.25) is 0 Å². The number of anilines is 1. The highest BCUT2D eigenvalue weighted by Gasteiger charge is 2.28. The van der Waals surface area contributed by atoms with Crippen LogP contribution in [0.4, 0.5) is 10.5 Å². The fraction of sp³-hybridized carbons (Fsp3) is 0.150. The first kappa shape index (κ1) is 18.2. The maximum Gasteiger partial charge on any atom is 0.513 e. The van der Waals surface area contributed by atoms with Gasteiger partial charge in [-0.2, -0.15) is 10.1 Å². The van der Waals surface area contributed by atoms with Gasteiger partial charge in [0.15, 0.2) is 11.5 Å². The molecule has 7 heteroatoms. The van der Waals surface area contributed by atoms with Gasteiger partial charge >= 0.3 is 6.16 Å². The van der Waals surface area contributed by atoms with Crippen molar-refractivity contribution in [3.05, 3.63) is 59.7 Å². The van der Waals surface area contributed by atoms with Gasteiger partial charge in [0.05, 0.1) is 31.2 Å². The second-order valence-corrected chi connectivity index (χ2v) is 5.66. The van der Waals surface area contributed by atoms with E-state index in [0.29, 0.717) is 28.3 Å². The second kappa shape index (κ2) is 7.74. The smallest absolute Gasteiger partial charge is 0.493 e. The van der Waals surface area contributed by atoms with Crippen molar-refractivity contribution in [3.63, 3.8) is 0 Å². The summed E-state index contributed by atoms with van der Waals surface area (Å²) in [6, 6.07) is 14.2. The molecule has 2 aromatic rings. The number of ether oxygens (including phenoxy) is 3. The van der Waals surface area contributed by atoms with Gasteiger partial charge in [-0.3, -0.25) is 4.79 Å². The monoisotopic (exact) mass is 366 g/mol. The molecule has 1 heterocycles. The Labute approximate surface area is 156 Å². The van der Waals surface area contributed by atoms with Crippen LogP contribution in [0.5, 0.6) is 11.5 Å². The summed E-state index contributed by atoms with van der Waals surface area (Å²) in [7, 11) is 2.68. The fourth-order valence-electron chi connectivity index (χ4n) is 2.58. The van der Waals surface area contributed by atoms with Gasteiger partial charge in [-0.1, -0.05) is 24.3 Å². The maximum atomic E-state index is 12.8. The summed E-state index contributed by atoms with van der Waals surface area (Å²) in [6.07, 6.45) is 0.876. The molecule has 1 aliphatic heterocycles. The van der Waals surface area contributed by atoms with Crippen LogP contribution in [0, 0.1) is 0 Å². The molecule has 0 saturated heterocycles. The summed E-state index contributed by atoms with van der Waals surface area (Å²) in [4.78, 5) is 24.0. The number of hydrazone groups is 1. The van der Waals surface area contributed by atoms with Gasteiger partial charge in [0.1, 0.15) is 0 Å². The van der Waals surface area contributed by atoms with Crippen LogP contribution in [0.1, 0.15) is 12.5 Å². The number of carbonyl (C=O) groups excluding carboxylic acids is 2. The Morgan fingerprint density at radius 2 is 1.81 bits per heavy atom. The molecule has 0 unspecified atom stereocenters. The van der Waals surface area contributed by atoms with Crippen LogP contribution in [0.2, 0.25) is 0 Å². The van der Waals surface area contributed by atoms with E-state index in [1.165, 1.54) is 19.2 Å². The van der Waals surface area contributed by atoms with Gasteiger partial charge in [-0.25, -0.2) is 4.79 Å². The number of para-hydroxylation sites is 1. The SMILES string of the molecule is COC(=O)Oc1ccc(/C=C2/C(=O)N(c3ccccc3)N=C2C)cc1OC. The first-order valence-electron chi connectivity index (χ1n) is 8.14. The number of hydrogen-bond acceptors (Lipinski definition) is 6. The first-order chi connectivity index (χ1) is 13.0. The molecular weight excluding hydrogens is 348 g/mol. The Balaban J connectivity index is 1.89. The highest BCUT2D eigenvalue weighted by molar-refractivity contribution is 6.32. The van der Waals surface area contributed by atoms with Gasteiger partial charge in [-0.05, 0) is 42.8 Å². The van der Waals surface area contributed by atoms with E-state index in [-0.39, 0.29) is 11.7 Å². The maximum absolute atomic E-state index is 12.8. The summed E-state index contributed by atoms with van der Waals surface area (Å²) in [5, 5.41) is 5.71. The first-order valence-corrected chi connectivity index (χ1v) is 8.14. The zero-order chi connectivity index (χ0) is 19.4. The van der Waals surface area contributed by atoms with Crippen molar-refractivity contribution in [2.45, 2.75) is 6.92 Å². The Morgan fingerprint density at radius 1 is 1.07 bits per heavy atom. The predicted molar refractivity (Wildman–Crippen MR) is 101 cm³/mol. The van der Waals surface area contributed by atoms with E-state index in [4.69, 9.17) is 9.47 Å². The van der Waals surface area contributed by atoms with Crippen LogP contribution in [0.3, 0.4) is 0 Å². The van der Waals surface area contributed by atoms with Crippen molar-refractivity contribution in [2.75, 3.05) is 19.2 Å². The lowest BCUT2D eigenvalue weighted by molar-refractivity contribution is -0.114. The highest BCUT2D eigenvalue weighted by atomic mass is 16.7. The zero-order valence-electron chi connectivity index (χ0n) is 15.1. The third-order valence-electron chi connectivity index (χ3n) is 3.92. The Bertz CT molecular complexity index is 935. The average molecular weight is 366 g/mol. The van der Waals surface area contributed by atoms with E-state index >= 15 is 0 Å². The molecule has 0 aliphatic carbocycles. The predicted octanol–water partition coefficient (Wildman–Crippen LogP) is 3.65. The molecule has 7 nitrogen and oxygen atoms in total. The fourth-order valence-corrected chi connectivity index (χ4v) is 2.58. The molecule has 0 fully saturated rings. The Kier molecular flexibility index (Phi) is 5.21. The van der Waals surface area contributed by atoms with Crippen LogP contribution in [-0.4, -0.2) is 32.0 Å². The highest BCUT2D eigenvalue weighted by Crippen LogP contribution is 2.30. The number of hydrogen-bond donors (Lipinski definition) is 0. The number of benzene rings is 2. The molecular formula is C20H18N2O5. The zero-order valence-corrected chi connectivity index (χ0v) is 15.1. The van der Waals surface area contributed by atoms with Gasteiger partial charge in [0, 0.05) is 0 Å². The third-order valence-corrected chi connectivity index (χ3v) is 3.92.